The number of anilines is 2. The summed E-state index contributed by atoms with van der Waals surface area (Å²) in [7, 11) is 0. The van der Waals surface area contributed by atoms with Crippen molar-refractivity contribution in [2.45, 2.75) is 26.2 Å². The number of aromatic nitrogens is 2. The zero-order chi connectivity index (χ0) is 16.4. The highest BCUT2D eigenvalue weighted by atomic mass is 79.9. The van der Waals surface area contributed by atoms with Crippen LogP contribution >= 0.6 is 27.3 Å². The van der Waals surface area contributed by atoms with Crippen LogP contribution in [0.2, 0.25) is 0 Å². The number of halogens is 1. The molecule has 1 aromatic heterocycles. The topological polar surface area (TPSA) is 75.2 Å². The molecule has 1 N–H and O–H groups in total. The molecule has 0 bridgehead atoms. The number of benzene rings is 1. The Morgan fingerprint density at radius 1 is 1.39 bits per heavy atom. The van der Waals surface area contributed by atoms with Gasteiger partial charge in [-0.15, -0.1) is 10.2 Å². The average molecular weight is 395 g/mol. The van der Waals surface area contributed by atoms with E-state index in [-0.39, 0.29) is 18.4 Å². The predicted molar refractivity (Wildman–Crippen MR) is 92.7 cm³/mol. The van der Waals surface area contributed by atoms with Crippen LogP contribution in [-0.2, 0) is 22.4 Å². The van der Waals surface area contributed by atoms with Crippen molar-refractivity contribution < 1.29 is 9.59 Å². The van der Waals surface area contributed by atoms with Crippen LogP contribution in [-0.4, -0.2) is 28.6 Å². The first kappa shape index (κ1) is 16.1. The van der Waals surface area contributed by atoms with Gasteiger partial charge in [0, 0.05) is 16.6 Å². The van der Waals surface area contributed by atoms with Crippen LogP contribution in [0.25, 0.3) is 0 Å². The number of aryl methyl sites for hydroxylation is 2. The molecule has 0 atom stereocenters. The molecule has 2 aromatic rings. The maximum atomic E-state index is 12.2. The third-order valence-corrected chi connectivity index (χ3v) is 5.04. The molecule has 0 spiro atoms. The molecule has 1 aliphatic heterocycles. The first-order valence-corrected chi connectivity index (χ1v) is 8.88. The standard InChI is InChI=1S/C15H15BrN4O2S/c1-2-13-18-19-15(23-13)17-12(21)8-20-11-5-4-10(16)7-9(11)3-6-14(20)22/h4-5,7H,2-3,6,8H2,1H3,(H,17,19,21). The predicted octanol–water partition coefficient (Wildman–Crippen LogP) is 2.78. The Morgan fingerprint density at radius 2 is 2.22 bits per heavy atom. The molecular weight excluding hydrogens is 380 g/mol. The van der Waals surface area contributed by atoms with Gasteiger partial charge in [-0.2, -0.15) is 0 Å². The largest absolute Gasteiger partial charge is 0.303 e. The van der Waals surface area contributed by atoms with E-state index in [4.69, 9.17) is 0 Å². The van der Waals surface area contributed by atoms with E-state index in [1.165, 1.54) is 16.2 Å². The maximum absolute atomic E-state index is 12.2. The van der Waals surface area contributed by atoms with Crippen LogP contribution in [0, 0.1) is 0 Å². The highest BCUT2D eigenvalue weighted by molar-refractivity contribution is 9.10. The lowest BCUT2D eigenvalue weighted by Crippen LogP contribution is -2.40. The Balaban J connectivity index is 1.74. The number of hydrogen-bond donors (Lipinski definition) is 1. The lowest BCUT2D eigenvalue weighted by Gasteiger charge is -2.28. The van der Waals surface area contributed by atoms with Gasteiger partial charge in [-0.05, 0) is 36.6 Å². The maximum Gasteiger partial charge on any atom is 0.246 e. The number of carbonyl (C=O) groups is 2. The molecule has 0 aliphatic carbocycles. The second kappa shape index (κ2) is 6.76. The van der Waals surface area contributed by atoms with E-state index in [1.807, 2.05) is 25.1 Å². The zero-order valence-corrected chi connectivity index (χ0v) is 14.9. The van der Waals surface area contributed by atoms with Gasteiger partial charge in [-0.1, -0.05) is 34.2 Å². The summed E-state index contributed by atoms with van der Waals surface area (Å²) >= 11 is 4.78. The number of nitrogens with one attached hydrogen (secondary N) is 1. The van der Waals surface area contributed by atoms with Crippen molar-refractivity contribution in [2.24, 2.45) is 0 Å². The Labute approximate surface area is 146 Å². The Morgan fingerprint density at radius 3 is 2.96 bits per heavy atom. The van der Waals surface area contributed by atoms with Gasteiger partial charge in [0.1, 0.15) is 11.6 Å². The molecular formula is C15H15BrN4O2S. The molecule has 0 radical (unpaired) electrons. The van der Waals surface area contributed by atoms with Gasteiger partial charge in [-0.3, -0.25) is 14.9 Å². The monoisotopic (exact) mass is 394 g/mol. The highest BCUT2D eigenvalue weighted by Crippen LogP contribution is 2.30. The van der Waals surface area contributed by atoms with Gasteiger partial charge in [0.25, 0.3) is 0 Å². The fourth-order valence-electron chi connectivity index (χ4n) is 2.45. The summed E-state index contributed by atoms with van der Waals surface area (Å²) in [5.74, 6) is -0.311. The van der Waals surface area contributed by atoms with Crippen molar-refractivity contribution >= 4 is 49.9 Å². The summed E-state index contributed by atoms with van der Waals surface area (Å²) < 4.78 is 0.968. The fraction of sp³-hybridized carbons (Fsp3) is 0.333. The SMILES string of the molecule is CCc1nnc(NC(=O)CN2C(=O)CCc3cc(Br)ccc32)s1. The molecule has 6 nitrogen and oxygen atoms in total. The van der Waals surface area contributed by atoms with E-state index in [9.17, 15) is 9.59 Å². The summed E-state index contributed by atoms with van der Waals surface area (Å²) in [4.78, 5) is 25.9. The molecule has 2 heterocycles. The molecule has 2 amide bonds. The number of rotatable bonds is 4. The minimum absolute atomic E-state index is 0.0193. The van der Waals surface area contributed by atoms with E-state index in [0.29, 0.717) is 18.0 Å². The third-order valence-electron chi connectivity index (χ3n) is 3.56. The van der Waals surface area contributed by atoms with Gasteiger partial charge in [-0.25, -0.2) is 0 Å². The van der Waals surface area contributed by atoms with Crippen LogP contribution < -0.4 is 10.2 Å². The van der Waals surface area contributed by atoms with Crippen LogP contribution in [0.5, 0.6) is 0 Å². The molecule has 1 aromatic carbocycles. The molecule has 3 rings (SSSR count). The molecule has 23 heavy (non-hydrogen) atoms. The normalized spacial score (nSPS) is 13.8. The number of fused-ring (bicyclic) bond motifs is 1. The van der Waals surface area contributed by atoms with Crippen LogP contribution in [0.4, 0.5) is 10.8 Å². The van der Waals surface area contributed by atoms with E-state index in [2.05, 4.69) is 31.4 Å². The van der Waals surface area contributed by atoms with Crippen molar-refractivity contribution in [2.75, 3.05) is 16.8 Å². The van der Waals surface area contributed by atoms with Gasteiger partial charge in [0.15, 0.2) is 0 Å². The summed E-state index contributed by atoms with van der Waals surface area (Å²) in [5, 5.41) is 11.9. The number of amides is 2. The smallest absolute Gasteiger partial charge is 0.246 e. The van der Waals surface area contributed by atoms with E-state index in [1.54, 1.807) is 0 Å². The van der Waals surface area contributed by atoms with Crippen molar-refractivity contribution in [3.63, 3.8) is 0 Å². The zero-order valence-electron chi connectivity index (χ0n) is 12.5. The van der Waals surface area contributed by atoms with Crippen molar-refractivity contribution in [1.29, 1.82) is 0 Å². The van der Waals surface area contributed by atoms with E-state index < -0.39 is 0 Å². The molecule has 1 aliphatic rings. The third kappa shape index (κ3) is 3.59. The van der Waals surface area contributed by atoms with Crippen molar-refractivity contribution in [3.8, 4) is 0 Å². The Bertz CT molecular complexity index is 762. The summed E-state index contributed by atoms with van der Waals surface area (Å²) in [6.07, 6.45) is 1.89. The summed E-state index contributed by atoms with van der Waals surface area (Å²) in [6.45, 7) is 1.96. The van der Waals surface area contributed by atoms with Crippen LogP contribution in [0.1, 0.15) is 23.9 Å². The van der Waals surface area contributed by atoms with E-state index >= 15 is 0 Å². The van der Waals surface area contributed by atoms with E-state index in [0.717, 1.165) is 27.2 Å². The van der Waals surface area contributed by atoms with Gasteiger partial charge < -0.3 is 4.90 Å². The molecule has 8 heteroatoms. The Hall–Kier alpha value is -1.80. The lowest BCUT2D eigenvalue weighted by atomic mass is 10.0. The minimum atomic E-state index is -0.270. The quantitative estimate of drug-likeness (QED) is 0.864. The number of nitrogens with zero attached hydrogens (tertiary/aromatic N) is 3. The van der Waals surface area contributed by atoms with Gasteiger partial charge in [0.05, 0.1) is 0 Å². The fourth-order valence-corrected chi connectivity index (χ4v) is 3.56. The number of hydrogen-bond acceptors (Lipinski definition) is 5. The molecule has 0 saturated heterocycles. The average Bonchev–Trinajstić information content (AvgIpc) is 2.97. The van der Waals surface area contributed by atoms with Gasteiger partial charge in [0.2, 0.25) is 16.9 Å². The van der Waals surface area contributed by atoms with Crippen LogP contribution in [0.15, 0.2) is 22.7 Å². The minimum Gasteiger partial charge on any atom is -0.303 e. The van der Waals surface area contributed by atoms with Crippen LogP contribution in [0.3, 0.4) is 0 Å². The Kier molecular flexibility index (Phi) is 4.72. The summed E-state index contributed by atoms with van der Waals surface area (Å²) in [6, 6.07) is 5.73. The number of carbonyl (C=O) groups excluding carboxylic acids is 2. The second-order valence-corrected chi connectivity index (χ2v) is 7.13. The van der Waals surface area contributed by atoms with Crippen molar-refractivity contribution in [3.05, 3.63) is 33.2 Å². The lowest BCUT2D eigenvalue weighted by molar-refractivity contribution is -0.121. The van der Waals surface area contributed by atoms with Crippen molar-refractivity contribution in [1.82, 2.24) is 10.2 Å². The molecule has 0 unspecified atom stereocenters. The molecule has 0 fully saturated rings. The summed E-state index contributed by atoms with van der Waals surface area (Å²) in [5.41, 5.74) is 1.86. The second-order valence-electron chi connectivity index (χ2n) is 5.16. The first-order chi connectivity index (χ1) is 11.1. The van der Waals surface area contributed by atoms with Gasteiger partial charge >= 0.3 is 0 Å². The molecule has 0 saturated carbocycles. The first-order valence-electron chi connectivity index (χ1n) is 7.28. The molecule has 120 valence electrons. The highest BCUT2D eigenvalue weighted by Gasteiger charge is 2.26.